The molecule has 0 unspecified atom stereocenters. The highest BCUT2D eigenvalue weighted by Crippen LogP contribution is 2.29. The lowest BCUT2D eigenvalue weighted by Crippen LogP contribution is -2.40. The van der Waals surface area contributed by atoms with Crippen LogP contribution in [-0.4, -0.2) is 32.0 Å². The number of aromatic nitrogens is 3. The Kier molecular flexibility index (Phi) is 5.20. The average Bonchev–Trinajstić information content (AvgIpc) is 3.15. The van der Waals surface area contributed by atoms with Gasteiger partial charge in [0.15, 0.2) is 5.76 Å². The van der Waals surface area contributed by atoms with Crippen LogP contribution in [-0.2, 0) is 13.6 Å². The fourth-order valence-corrected chi connectivity index (χ4v) is 4.29. The van der Waals surface area contributed by atoms with E-state index in [1.807, 2.05) is 25.5 Å². The van der Waals surface area contributed by atoms with E-state index in [1.165, 1.54) is 31.4 Å². The van der Waals surface area contributed by atoms with Gasteiger partial charge in [0.1, 0.15) is 5.69 Å². The van der Waals surface area contributed by atoms with Gasteiger partial charge in [-0.2, -0.15) is 16.9 Å². The zero-order valence-electron chi connectivity index (χ0n) is 13.3. The summed E-state index contributed by atoms with van der Waals surface area (Å²) < 4.78 is 7.23. The molecule has 0 bridgehead atoms. The molecule has 0 radical (unpaired) electrons. The fraction of sp³-hybridized carbons (Fsp3) is 0.625. The quantitative estimate of drug-likeness (QED) is 0.885. The van der Waals surface area contributed by atoms with E-state index in [4.69, 9.17) is 4.52 Å². The van der Waals surface area contributed by atoms with Crippen molar-refractivity contribution < 1.29 is 4.52 Å². The van der Waals surface area contributed by atoms with Crippen molar-refractivity contribution in [3.63, 3.8) is 0 Å². The Hall–Kier alpha value is -1.27. The number of nitrogens with one attached hydrogen (secondary N) is 1. The van der Waals surface area contributed by atoms with Gasteiger partial charge in [-0.15, -0.1) is 0 Å². The summed E-state index contributed by atoms with van der Waals surface area (Å²) in [4.78, 5) is 0. The van der Waals surface area contributed by atoms with Gasteiger partial charge in [-0.25, -0.2) is 0 Å². The Morgan fingerprint density at radius 3 is 3.05 bits per heavy atom. The van der Waals surface area contributed by atoms with Gasteiger partial charge in [0.2, 0.25) is 0 Å². The predicted molar refractivity (Wildman–Crippen MR) is 89.7 cm³/mol. The molecule has 1 saturated carbocycles. The molecule has 0 saturated heterocycles. The minimum atomic E-state index is 0.589. The molecule has 1 aliphatic carbocycles. The molecule has 120 valence electrons. The van der Waals surface area contributed by atoms with Gasteiger partial charge in [-0.1, -0.05) is 24.9 Å². The highest BCUT2D eigenvalue weighted by Gasteiger charge is 2.24. The molecule has 1 aliphatic rings. The predicted octanol–water partition coefficient (Wildman–Crippen LogP) is 3.23. The minimum Gasteiger partial charge on any atom is -0.359 e. The van der Waals surface area contributed by atoms with E-state index in [0.717, 1.165) is 28.8 Å². The van der Waals surface area contributed by atoms with Crippen molar-refractivity contribution in [2.75, 3.05) is 5.75 Å². The largest absolute Gasteiger partial charge is 0.359 e. The van der Waals surface area contributed by atoms with Crippen LogP contribution >= 0.6 is 11.8 Å². The van der Waals surface area contributed by atoms with Crippen LogP contribution in [0, 0.1) is 0 Å². The van der Waals surface area contributed by atoms with Gasteiger partial charge in [-0.05, 0) is 18.6 Å². The zero-order valence-corrected chi connectivity index (χ0v) is 14.1. The lowest BCUT2D eigenvalue weighted by atomic mass is 9.95. The first-order chi connectivity index (χ1) is 10.8. The van der Waals surface area contributed by atoms with E-state index in [2.05, 4.69) is 34.3 Å². The molecular weight excluding hydrogens is 296 g/mol. The molecule has 0 spiro atoms. The summed E-state index contributed by atoms with van der Waals surface area (Å²) >= 11 is 2.08. The van der Waals surface area contributed by atoms with Gasteiger partial charge in [0.05, 0.1) is 12.7 Å². The SMILES string of the molecule is CCS[C@H]1CCCC[C@H]1NCc1cc(-c2cnn(C)c2)no1. The molecule has 0 aliphatic heterocycles. The normalized spacial score (nSPS) is 22.1. The third-order valence-electron chi connectivity index (χ3n) is 4.18. The summed E-state index contributed by atoms with van der Waals surface area (Å²) in [5, 5.41) is 12.7. The van der Waals surface area contributed by atoms with E-state index >= 15 is 0 Å². The van der Waals surface area contributed by atoms with Crippen molar-refractivity contribution in [1.29, 1.82) is 0 Å². The van der Waals surface area contributed by atoms with Gasteiger partial charge < -0.3 is 9.84 Å². The second kappa shape index (κ2) is 7.33. The number of aryl methyl sites for hydroxylation is 1. The highest BCUT2D eigenvalue weighted by atomic mass is 32.2. The Balaban J connectivity index is 1.58. The molecule has 6 heteroatoms. The summed E-state index contributed by atoms with van der Waals surface area (Å²) in [6, 6.07) is 2.60. The van der Waals surface area contributed by atoms with Crippen LogP contribution in [0.15, 0.2) is 23.0 Å². The lowest BCUT2D eigenvalue weighted by molar-refractivity contribution is 0.337. The summed E-state index contributed by atoms with van der Waals surface area (Å²) in [7, 11) is 1.90. The van der Waals surface area contributed by atoms with Gasteiger partial charge in [-0.3, -0.25) is 4.68 Å². The molecular formula is C16H24N4OS. The molecule has 3 rings (SSSR count). The zero-order chi connectivity index (χ0) is 15.4. The number of hydrogen-bond acceptors (Lipinski definition) is 5. The average molecular weight is 320 g/mol. The molecule has 2 aromatic heterocycles. The maximum absolute atomic E-state index is 5.46. The van der Waals surface area contributed by atoms with Crippen molar-refractivity contribution >= 4 is 11.8 Å². The molecule has 1 fully saturated rings. The maximum atomic E-state index is 5.46. The van der Waals surface area contributed by atoms with Gasteiger partial charge in [0, 0.05) is 36.2 Å². The van der Waals surface area contributed by atoms with Crippen LogP contribution in [0.4, 0.5) is 0 Å². The first kappa shape index (κ1) is 15.6. The molecule has 5 nitrogen and oxygen atoms in total. The van der Waals surface area contributed by atoms with E-state index < -0.39 is 0 Å². The smallest absolute Gasteiger partial charge is 0.151 e. The third-order valence-corrected chi connectivity index (χ3v) is 5.51. The van der Waals surface area contributed by atoms with E-state index in [9.17, 15) is 0 Å². The number of nitrogens with zero attached hydrogens (tertiary/aromatic N) is 3. The molecule has 2 aromatic rings. The first-order valence-electron chi connectivity index (χ1n) is 8.06. The van der Waals surface area contributed by atoms with Crippen LogP contribution in [0.1, 0.15) is 38.4 Å². The van der Waals surface area contributed by atoms with Gasteiger partial charge >= 0.3 is 0 Å². The van der Waals surface area contributed by atoms with Crippen LogP contribution in [0.5, 0.6) is 0 Å². The van der Waals surface area contributed by atoms with Gasteiger partial charge in [0.25, 0.3) is 0 Å². The molecule has 22 heavy (non-hydrogen) atoms. The summed E-state index contributed by atoms with van der Waals surface area (Å²) in [6.07, 6.45) is 9.04. The Bertz CT molecular complexity index is 592. The first-order valence-corrected chi connectivity index (χ1v) is 9.10. The monoisotopic (exact) mass is 320 g/mol. The topological polar surface area (TPSA) is 55.9 Å². The fourth-order valence-electron chi connectivity index (χ4n) is 3.06. The number of rotatable bonds is 6. The Morgan fingerprint density at radius 1 is 1.41 bits per heavy atom. The Morgan fingerprint density at radius 2 is 2.27 bits per heavy atom. The number of thioether (sulfide) groups is 1. The summed E-state index contributed by atoms with van der Waals surface area (Å²) in [6.45, 7) is 2.99. The van der Waals surface area contributed by atoms with Crippen molar-refractivity contribution in [3.05, 3.63) is 24.2 Å². The van der Waals surface area contributed by atoms with E-state index in [-0.39, 0.29) is 0 Å². The highest BCUT2D eigenvalue weighted by molar-refractivity contribution is 7.99. The van der Waals surface area contributed by atoms with E-state index in [1.54, 1.807) is 4.68 Å². The van der Waals surface area contributed by atoms with Crippen LogP contribution in [0.2, 0.25) is 0 Å². The van der Waals surface area contributed by atoms with E-state index in [0.29, 0.717) is 6.04 Å². The minimum absolute atomic E-state index is 0.589. The van der Waals surface area contributed by atoms with Crippen LogP contribution in [0.3, 0.4) is 0 Å². The summed E-state index contributed by atoms with van der Waals surface area (Å²) in [5.41, 5.74) is 1.85. The van der Waals surface area contributed by atoms with Crippen molar-refractivity contribution in [2.45, 2.75) is 50.4 Å². The van der Waals surface area contributed by atoms with Crippen molar-refractivity contribution in [3.8, 4) is 11.3 Å². The number of hydrogen-bond donors (Lipinski definition) is 1. The standard InChI is InChI=1S/C16H24N4OS/c1-3-22-16-7-5-4-6-14(16)17-10-13-8-15(19-21-13)12-9-18-20(2)11-12/h8-9,11,14,16-17H,3-7,10H2,1-2H3/t14-,16+/m1/s1. The molecule has 2 heterocycles. The maximum Gasteiger partial charge on any atom is 0.151 e. The van der Waals surface area contributed by atoms with Crippen molar-refractivity contribution in [1.82, 2.24) is 20.3 Å². The lowest BCUT2D eigenvalue weighted by Gasteiger charge is -2.31. The second-order valence-electron chi connectivity index (χ2n) is 5.85. The van der Waals surface area contributed by atoms with Crippen LogP contribution < -0.4 is 5.32 Å². The summed E-state index contributed by atoms with van der Waals surface area (Å²) in [5.74, 6) is 2.08. The second-order valence-corrected chi connectivity index (χ2v) is 7.36. The Labute approximate surface area is 135 Å². The molecule has 1 N–H and O–H groups in total. The third kappa shape index (κ3) is 3.73. The van der Waals surface area contributed by atoms with Crippen molar-refractivity contribution in [2.24, 2.45) is 7.05 Å². The molecule has 0 amide bonds. The molecule has 0 aromatic carbocycles. The molecule has 2 atom stereocenters. The van der Waals surface area contributed by atoms with Crippen LogP contribution in [0.25, 0.3) is 11.3 Å².